The fourth-order valence-corrected chi connectivity index (χ4v) is 4.04. The van der Waals surface area contributed by atoms with E-state index in [0.29, 0.717) is 12.1 Å². The largest absolute Gasteiger partial charge is 0.452 e. The number of carbonyl (C=O) groups excluding carboxylic acids is 2. The Morgan fingerprint density at radius 1 is 0.939 bits per heavy atom. The minimum absolute atomic E-state index is 0.136. The van der Waals surface area contributed by atoms with Crippen LogP contribution in [0.1, 0.15) is 15.9 Å². The smallest absolute Gasteiger partial charge is 0.340 e. The van der Waals surface area contributed by atoms with Crippen molar-refractivity contribution in [2.45, 2.75) is 11.4 Å². The number of fused-ring (bicyclic) bond motifs is 1. The summed E-state index contributed by atoms with van der Waals surface area (Å²) < 4.78 is 30.1. The lowest BCUT2D eigenvalue weighted by atomic mass is 10.2. The van der Waals surface area contributed by atoms with Crippen molar-refractivity contribution in [1.82, 2.24) is 4.57 Å². The van der Waals surface area contributed by atoms with Gasteiger partial charge in [0, 0.05) is 29.3 Å². The van der Waals surface area contributed by atoms with E-state index in [-0.39, 0.29) is 10.6 Å². The second-order valence-electron chi connectivity index (χ2n) is 7.37. The summed E-state index contributed by atoms with van der Waals surface area (Å²) in [5, 5.41) is 8.32. The van der Waals surface area contributed by atoms with Crippen LogP contribution in [0.5, 0.6) is 0 Å². The fourth-order valence-electron chi connectivity index (χ4n) is 3.48. The average molecular weight is 464 g/mol. The summed E-state index contributed by atoms with van der Waals surface area (Å²) in [5.41, 5.74) is 2.53. The van der Waals surface area contributed by atoms with Gasteiger partial charge in [-0.1, -0.05) is 54.6 Å². The zero-order chi connectivity index (χ0) is 23.4. The minimum Gasteiger partial charge on any atom is -0.452 e. The Morgan fingerprint density at radius 3 is 2.42 bits per heavy atom. The molecule has 0 bridgehead atoms. The number of benzene rings is 3. The molecule has 0 unspecified atom stereocenters. The van der Waals surface area contributed by atoms with Crippen molar-refractivity contribution in [3.05, 3.63) is 96.2 Å². The molecule has 9 heteroatoms. The number of amides is 1. The maximum atomic E-state index is 12.8. The second-order valence-corrected chi connectivity index (χ2v) is 8.93. The summed E-state index contributed by atoms with van der Waals surface area (Å²) in [6.07, 6.45) is 1.72. The van der Waals surface area contributed by atoms with Crippen molar-refractivity contribution in [3.8, 4) is 0 Å². The highest BCUT2D eigenvalue weighted by molar-refractivity contribution is 7.89. The number of primary sulfonamides is 1. The van der Waals surface area contributed by atoms with Crippen molar-refractivity contribution in [2.75, 3.05) is 11.9 Å². The third-order valence-electron chi connectivity index (χ3n) is 4.98. The molecule has 0 aliphatic rings. The van der Waals surface area contributed by atoms with E-state index < -0.39 is 28.5 Å². The number of nitrogens with zero attached hydrogens (tertiary/aromatic N) is 1. The zero-order valence-electron chi connectivity index (χ0n) is 17.5. The molecule has 3 aromatic carbocycles. The molecule has 0 aliphatic carbocycles. The highest BCUT2D eigenvalue weighted by atomic mass is 32.2. The number of anilines is 1. The van der Waals surface area contributed by atoms with Crippen LogP contribution < -0.4 is 10.5 Å². The number of carbonyl (C=O) groups is 2. The van der Waals surface area contributed by atoms with Gasteiger partial charge in [-0.25, -0.2) is 18.4 Å². The lowest BCUT2D eigenvalue weighted by Crippen LogP contribution is -2.21. The Balaban J connectivity index is 1.47. The number of hydrogen-bond acceptors (Lipinski definition) is 5. The summed E-state index contributed by atoms with van der Waals surface area (Å²) in [7, 11) is -3.90. The molecule has 1 aromatic heterocycles. The van der Waals surface area contributed by atoms with Gasteiger partial charge in [-0.05, 0) is 29.8 Å². The Kier molecular flexibility index (Phi) is 6.25. The molecule has 3 N–H and O–H groups in total. The van der Waals surface area contributed by atoms with Crippen LogP contribution in [-0.2, 0) is 26.1 Å². The normalized spacial score (nSPS) is 11.3. The van der Waals surface area contributed by atoms with Crippen LogP contribution in [-0.4, -0.2) is 31.5 Å². The molecule has 1 amide bonds. The zero-order valence-corrected chi connectivity index (χ0v) is 18.3. The molecule has 0 fully saturated rings. The van der Waals surface area contributed by atoms with Crippen molar-refractivity contribution >= 4 is 38.5 Å². The minimum atomic E-state index is -3.90. The number of nitrogens with one attached hydrogen (secondary N) is 1. The van der Waals surface area contributed by atoms with Gasteiger partial charge >= 0.3 is 5.97 Å². The molecule has 0 saturated heterocycles. The molecule has 0 saturated carbocycles. The monoisotopic (exact) mass is 463 g/mol. The molecule has 8 nitrogen and oxygen atoms in total. The first-order valence-corrected chi connectivity index (χ1v) is 11.6. The number of sulfonamides is 1. The lowest BCUT2D eigenvalue weighted by Gasteiger charge is -2.07. The number of esters is 1. The van der Waals surface area contributed by atoms with Gasteiger partial charge in [0.1, 0.15) is 0 Å². The molecule has 1 heterocycles. The molecule has 4 aromatic rings. The third kappa shape index (κ3) is 5.28. The molecule has 0 atom stereocenters. The molecule has 33 heavy (non-hydrogen) atoms. The van der Waals surface area contributed by atoms with E-state index in [1.807, 2.05) is 59.2 Å². The molecule has 0 spiro atoms. The maximum Gasteiger partial charge on any atom is 0.340 e. The molecule has 168 valence electrons. The molecule has 0 aliphatic heterocycles. The van der Waals surface area contributed by atoms with Crippen molar-refractivity contribution in [3.63, 3.8) is 0 Å². The fraction of sp³-hybridized carbons (Fsp3) is 0.0833. The molecule has 0 radical (unpaired) electrons. The van der Waals surface area contributed by atoms with Gasteiger partial charge in [-0.3, -0.25) is 4.79 Å². The quantitative estimate of drug-likeness (QED) is 0.408. The number of aromatic nitrogens is 1. The predicted octanol–water partition coefficient (Wildman–Crippen LogP) is 3.13. The van der Waals surface area contributed by atoms with Gasteiger partial charge in [0.15, 0.2) is 6.61 Å². The van der Waals surface area contributed by atoms with Gasteiger partial charge in [-0.2, -0.15) is 0 Å². The summed E-state index contributed by atoms with van der Waals surface area (Å²) in [6, 6.07) is 22.8. The van der Waals surface area contributed by atoms with Crippen molar-refractivity contribution in [2.24, 2.45) is 5.14 Å². The number of para-hydroxylation sites is 1. The summed E-state index contributed by atoms with van der Waals surface area (Å²) in [4.78, 5) is 24.9. The summed E-state index contributed by atoms with van der Waals surface area (Å²) in [5.74, 6) is -1.24. The topological polar surface area (TPSA) is 120 Å². The van der Waals surface area contributed by atoms with Crippen molar-refractivity contribution in [1.29, 1.82) is 0 Å². The highest BCUT2D eigenvalue weighted by Crippen LogP contribution is 2.23. The molecule has 4 rings (SSSR count). The van der Waals surface area contributed by atoms with E-state index in [1.54, 1.807) is 6.20 Å². The van der Waals surface area contributed by atoms with E-state index in [0.717, 1.165) is 16.5 Å². The third-order valence-corrected chi connectivity index (χ3v) is 5.90. The number of hydrogen-bond donors (Lipinski definition) is 2. The molecular formula is C24H21N3O5S. The van der Waals surface area contributed by atoms with E-state index in [2.05, 4.69) is 5.32 Å². The van der Waals surface area contributed by atoms with Gasteiger partial charge in [-0.15, -0.1) is 0 Å². The van der Waals surface area contributed by atoms with Crippen LogP contribution in [0.4, 0.5) is 5.69 Å². The van der Waals surface area contributed by atoms with Crippen LogP contribution in [0.3, 0.4) is 0 Å². The van der Waals surface area contributed by atoms with Crippen LogP contribution >= 0.6 is 0 Å². The van der Waals surface area contributed by atoms with E-state index in [9.17, 15) is 18.0 Å². The van der Waals surface area contributed by atoms with Gasteiger partial charge in [0.05, 0.1) is 10.5 Å². The van der Waals surface area contributed by atoms with Crippen LogP contribution in [0.2, 0.25) is 0 Å². The molecular weight excluding hydrogens is 442 g/mol. The van der Waals surface area contributed by atoms with Crippen LogP contribution in [0.15, 0.2) is 90.0 Å². The lowest BCUT2D eigenvalue weighted by molar-refractivity contribution is -0.119. The Morgan fingerprint density at radius 2 is 1.67 bits per heavy atom. The van der Waals surface area contributed by atoms with Gasteiger partial charge in [0.2, 0.25) is 10.0 Å². The van der Waals surface area contributed by atoms with Gasteiger partial charge in [0.25, 0.3) is 5.91 Å². The van der Waals surface area contributed by atoms with E-state index in [4.69, 9.17) is 9.88 Å². The second kappa shape index (κ2) is 9.27. The standard InChI is InChI=1S/C24H21N3O5S/c25-33(30,31)19-10-6-9-18(13-19)26-23(28)16-32-24(29)21-15-27(14-17-7-2-1-3-8-17)22-12-5-4-11-20(21)22/h1-13,15H,14,16H2,(H,26,28)(H2,25,30,31). The SMILES string of the molecule is NS(=O)(=O)c1cccc(NC(=O)COC(=O)c2cn(Cc3ccccc3)c3ccccc23)c1. The first-order valence-electron chi connectivity index (χ1n) is 10.0. The predicted molar refractivity (Wildman–Crippen MR) is 124 cm³/mol. The highest BCUT2D eigenvalue weighted by Gasteiger charge is 2.18. The number of ether oxygens (including phenoxy) is 1. The average Bonchev–Trinajstić information content (AvgIpc) is 3.16. The first-order chi connectivity index (χ1) is 15.8. The van der Waals surface area contributed by atoms with Crippen LogP contribution in [0, 0.1) is 0 Å². The van der Waals surface area contributed by atoms with Crippen LogP contribution in [0.25, 0.3) is 10.9 Å². The summed E-state index contributed by atoms with van der Waals surface area (Å²) in [6.45, 7) is 0.0478. The number of nitrogens with two attached hydrogens (primary N) is 1. The Hall–Kier alpha value is -3.95. The van der Waals surface area contributed by atoms with Gasteiger partial charge < -0.3 is 14.6 Å². The Bertz CT molecular complexity index is 1430. The Labute approximate surface area is 190 Å². The summed E-state index contributed by atoms with van der Waals surface area (Å²) >= 11 is 0. The van der Waals surface area contributed by atoms with E-state index in [1.165, 1.54) is 24.3 Å². The number of rotatable bonds is 7. The maximum absolute atomic E-state index is 12.8. The van der Waals surface area contributed by atoms with E-state index >= 15 is 0 Å². The first kappa shape index (κ1) is 22.3. The van der Waals surface area contributed by atoms with Crippen molar-refractivity contribution < 1.29 is 22.7 Å².